The van der Waals surface area contributed by atoms with Crippen molar-refractivity contribution in [1.29, 1.82) is 0 Å². The zero-order chi connectivity index (χ0) is 14.7. The molecule has 20 heavy (non-hydrogen) atoms. The maximum absolute atomic E-state index is 6.23. The molecule has 106 valence electrons. The van der Waals surface area contributed by atoms with Crippen molar-refractivity contribution >= 4 is 33.2 Å². The maximum atomic E-state index is 6.23. The molecule has 0 aliphatic rings. The van der Waals surface area contributed by atoms with Crippen molar-refractivity contribution in [3.8, 4) is 0 Å². The van der Waals surface area contributed by atoms with Gasteiger partial charge in [0.15, 0.2) is 0 Å². The normalized spacial score (nSPS) is 12.5. The van der Waals surface area contributed by atoms with E-state index in [1.54, 1.807) is 0 Å². The third-order valence-corrected chi connectivity index (χ3v) is 4.45. The van der Waals surface area contributed by atoms with Gasteiger partial charge in [0.25, 0.3) is 0 Å². The van der Waals surface area contributed by atoms with Gasteiger partial charge in [-0.2, -0.15) is 0 Å². The lowest BCUT2D eigenvalue weighted by molar-refractivity contribution is 0.546. The van der Waals surface area contributed by atoms with Gasteiger partial charge in [0, 0.05) is 9.50 Å². The number of benzene rings is 2. The lowest BCUT2D eigenvalue weighted by atomic mass is 9.95. The Bertz CT molecular complexity index is 581. The molecule has 0 fully saturated rings. The zero-order valence-corrected chi connectivity index (χ0v) is 14.3. The first-order valence-corrected chi connectivity index (χ1v) is 7.93. The summed E-state index contributed by atoms with van der Waals surface area (Å²) in [5.74, 6) is 0.476. The van der Waals surface area contributed by atoms with E-state index in [-0.39, 0.29) is 6.04 Å². The third kappa shape index (κ3) is 3.56. The van der Waals surface area contributed by atoms with Crippen molar-refractivity contribution in [2.24, 2.45) is 5.92 Å². The molecule has 1 unspecified atom stereocenters. The summed E-state index contributed by atoms with van der Waals surface area (Å²) in [6, 6.07) is 14.8. The van der Waals surface area contributed by atoms with Crippen LogP contribution in [0.5, 0.6) is 0 Å². The molecule has 0 aliphatic carbocycles. The Hall–Kier alpha value is -0.990. The predicted octanol–water partition coefficient (Wildman–Crippen LogP) is 6.22. The van der Waals surface area contributed by atoms with Crippen LogP contribution in [-0.4, -0.2) is 0 Å². The number of rotatable bonds is 4. The highest BCUT2D eigenvalue weighted by Gasteiger charge is 2.17. The van der Waals surface area contributed by atoms with Gasteiger partial charge in [-0.05, 0) is 52.0 Å². The van der Waals surface area contributed by atoms with E-state index in [9.17, 15) is 0 Å². The van der Waals surface area contributed by atoms with E-state index < -0.39 is 0 Å². The summed E-state index contributed by atoms with van der Waals surface area (Å²) in [6.07, 6.45) is 0. The summed E-state index contributed by atoms with van der Waals surface area (Å²) in [6.45, 7) is 6.44. The molecule has 2 rings (SSSR count). The van der Waals surface area contributed by atoms with Gasteiger partial charge in [-0.3, -0.25) is 0 Å². The monoisotopic (exact) mass is 351 g/mol. The molecule has 0 saturated heterocycles. The third-order valence-electron chi connectivity index (χ3n) is 3.38. The van der Waals surface area contributed by atoms with Crippen LogP contribution in [0.2, 0.25) is 5.02 Å². The molecule has 0 bridgehead atoms. The molecule has 1 N–H and O–H groups in total. The number of nitrogens with one attached hydrogen (secondary N) is 1. The van der Waals surface area contributed by atoms with Gasteiger partial charge in [-0.15, -0.1) is 0 Å². The highest BCUT2D eigenvalue weighted by molar-refractivity contribution is 9.10. The van der Waals surface area contributed by atoms with Crippen molar-refractivity contribution in [2.45, 2.75) is 26.8 Å². The molecule has 0 saturated carbocycles. The van der Waals surface area contributed by atoms with E-state index in [4.69, 9.17) is 11.6 Å². The number of anilines is 1. The van der Waals surface area contributed by atoms with E-state index in [1.165, 1.54) is 5.56 Å². The Morgan fingerprint density at radius 3 is 2.35 bits per heavy atom. The minimum absolute atomic E-state index is 0.256. The van der Waals surface area contributed by atoms with Crippen molar-refractivity contribution in [3.63, 3.8) is 0 Å². The molecule has 0 aliphatic heterocycles. The second-order valence-electron chi connectivity index (χ2n) is 5.36. The molecule has 0 heterocycles. The van der Waals surface area contributed by atoms with Gasteiger partial charge in [0.2, 0.25) is 0 Å². The molecule has 0 amide bonds. The van der Waals surface area contributed by atoms with Crippen LogP contribution in [0, 0.1) is 12.8 Å². The van der Waals surface area contributed by atoms with Crippen molar-refractivity contribution in [2.75, 3.05) is 5.32 Å². The first-order chi connectivity index (χ1) is 9.49. The SMILES string of the molecule is Cc1cc(Br)c(NC(c2ccccc2)C(C)C)cc1Cl. The van der Waals surface area contributed by atoms with Crippen LogP contribution in [0.1, 0.15) is 31.0 Å². The zero-order valence-electron chi connectivity index (χ0n) is 12.0. The Balaban J connectivity index is 2.32. The molecule has 3 heteroatoms. The molecule has 0 radical (unpaired) electrons. The molecule has 2 aromatic rings. The smallest absolute Gasteiger partial charge is 0.0537 e. The molecule has 1 nitrogen and oxygen atoms in total. The molecular formula is C17H19BrClN. The van der Waals surface area contributed by atoms with Crippen LogP contribution in [0.3, 0.4) is 0 Å². The van der Waals surface area contributed by atoms with Crippen LogP contribution >= 0.6 is 27.5 Å². The summed E-state index contributed by atoms with van der Waals surface area (Å²) in [5.41, 5.74) is 3.39. The molecule has 2 aromatic carbocycles. The Morgan fingerprint density at radius 1 is 1.10 bits per heavy atom. The van der Waals surface area contributed by atoms with Crippen LogP contribution in [-0.2, 0) is 0 Å². The summed E-state index contributed by atoms with van der Waals surface area (Å²) < 4.78 is 1.04. The minimum atomic E-state index is 0.256. The highest BCUT2D eigenvalue weighted by atomic mass is 79.9. The van der Waals surface area contributed by atoms with Crippen LogP contribution in [0.15, 0.2) is 46.9 Å². The largest absolute Gasteiger partial charge is 0.377 e. The van der Waals surface area contributed by atoms with Gasteiger partial charge < -0.3 is 5.32 Å². The first kappa shape index (κ1) is 15.4. The van der Waals surface area contributed by atoms with Crippen LogP contribution in [0.25, 0.3) is 0 Å². The summed E-state index contributed by atoms with van der Waals surface area (Å²) >= 11 is 9.84. The topological polar surface area (TPSA) is 12.0 Å². The number of halogens is 2. The van der Waals surface area contributed by atoms with E-state index in [0.29, 0.717) is 5.92 Å². The van der Waals surface area contributed by atoms with E-state index in [0.717, 1.165) is 20.7 Å². The van der Waals surface area contributed by atoms with Gasteiger partial charge >= 0.3 is 0 Å². The number of aryl methyl sites for hydroxylation is 1. The second-order valence-corrected chi connectivity index (χ2v) is 6.62. The summed E-state index contributed by atoms with van der Waals surface area (Å²) in [4.78, 5) is 0. The predicted molar refractivity (Wildman–Crippen MR) is 91.5 cm³/mol. The van der Waals surface area contributed by atoms with Crippen molar-refractivity contribution in [3.05, 3.63) is 63.1 Å². The van der Waals surface area contributed by atoms with Gasteiger partial charge in [-0.1, -0.05) is 55.8 Å². The van der Waals surface area contributed by atoms with E-state index >= 15 is 0 Å². The average Bonchev–Trinajstić information content (AvgIpc) is 2.42. The highest BCUT2D eigenvalue weighted by Crippen LogP contribution is 2.34. The second kappa shape index (κ2) is 6.64. The Morgan fingerprint density at radius 2 is 1.75 bits per heavy atom. The molecule has 1 atom stereocenters. The van der Waals surface area contributed by atoms with Crippen molar-refractivity contribution in [1.82, 2.24) is 0 Å². The lowest BCUT2D eigenvalue weighted by Gasteiger charge is -2.25. The lowest BCUT2D eigenvalue weighted by Crippen LogP contribution is -2.17. The Kier molecular flexibility index (Phi) is 5.11. The standard InChI is InChI=1S/C17H19BrClN/c1-11(2)17(13-7-5-4-6-8-13)20-16-10-15(19)12(3)9-14(16)18/h4-11,17,20H,1-3H3. The molecule has 0 spiro atoms. The Labute approximate surface area is 134 Å². The quantitative estimate of drug-likeness (QED) is 0.688. The summed E-state index contributed by atoms with van der Waals surface area (Å²) in [5, 5.41) is 4.38. The van der Waals surface area contributed by atoms with E-state index in [1.807, 2.05) is 25.1 Å². The first-order valence-electron chi connectivity index (χ1n) is 6.76. The molecule has 0 aromatic heterocycles. The number of hydrogen-bond acceptors (Lipinski definition) is 1. The fraction of sp³-hybridized carbons (Fsp3) is 0.294. The maximum Gasteiger partial charge on any atom is 0.0537 e. The fourth-order valence-electron chi connectivity index (χ4n) is 2.22. The summed E-state index contributed by atoms with van der Waals surface area (Å²) in [7, 11) is 0. The fourth-order valence-corrected chi connectivity index (χ4v) is 2.96. The van der Waals surface area contributed by atoms with Gasteiger partial charge in [-0.25, -0.2) is 0 Å². The van der Waals surface area contributed by atoms with Crippen LogP contribution < -0.4 is 5.32 Å². The average molecular weight is 353 g/mol. The van der Waals surface area contributed by atoms with Gasteiger partial charge in [0.1, 0.15) is 0 Å². The minimum Gasteiger partial charge on any atom is -0.377 e. The molecular weight excluding hydrogens is 334 g/mol. The number of hydrogen-bond donors (Lipinski definition) is 1. The van der Waals surface area contributed by atoms with Gasteiger partial charge in [0.05, 0.1) is 11.7 Å². The van der Waals surface area contributed by atoms with E-state index in [2.05, 4.69) is 59.4 Å². The van der Waals surface area contributed by atoms with Crippen molar-refractivity contribution < 1.29 is 0 Å². The van der Waals surface area contributed by atoms with Crippen LogP contribution in [0.4, 0.5) is 5.69 Å².